The van der Waals surface area contributed by atoms with Crippen molar-refractivity contribution in [3.05, 3.63) is 55.6 Å². The summed E-state index contributed by atoms with van der Waals surface area (Å²) in [4.78, 5) is 1.44. The highest BCUT2D eigenvalue weighted by molar-refractivity contribution is 9.10. The van der Waals surface area contributed by atoms with Crippen LogP contribution in [-0.2, 0) is 6.42 Å². The first-order valence-electron chi connectivity index (χ1n) is 6.91. The zero-order chi connectivity index (χ0) is 14.4. The zero-order valence-corrected chi connectivity index (χ0v) is 14.7. The summed E-state index contributed by atoms with van der Waals surface area (Å²) >= 11 is 11.5. The summed E-state index contributed by atoms with van der Waals surface area (Å²) in [6.45, 7) is 3.22. The standard InChI is InChI=1S/C16H19BrClNS/c1-2-9-19-16(8-6-13-4-3-10-20-13)12-5-7-14(17)15(18)11-12/h3-5,7,10-11,16,19H,2,6,8-9H2,1H3. The molecular weight excluding hydrogens is 354 g/mol. The van der Waals surface area contributed by atoms with Crippen LogP contribution in [0.5, 0.6) is 0 Å². The predicted octanol–water partition coefficient (Wildman–Crippen LogP) is 5.84. The van der Waals surface area contributed by atoms with E-state index in [9.17, 15) is 0 Å². The van der Waals surface area contributed by atoms with Gasteiger partial charge in [-0.05, 0) is 70.9 Å². The minimum absolute atomic E-state index is 0.364. The molecule has 0 spiro atoms. The van der Waals surface area contributed by atoms with E-state index in [0.717, 1.165) is 35.3 Å². The fourth-order valence-corrected chi connectivity index (χ4v) is 3.34. The Morgan fingerprint density at radius 3 is 2.85 bits per heavy atom. The van der Waals surface area contributed by atoms with E-state index < -0.39 is 0 Å². The fourth-order valence-electron chi connectivity index (χ4n) is 2.18. The summed E-state index contributed by atoms with van der Waals surface area (Å²) < 4.78 is 0.954. The second-order valence-corrected chi connectivity index (χ2v) is 7.09. The van der Waals surface area contributed by atoms with Gasteiger partial charge in [0, 0.05) is 15.4 Å². The minimum Gasteiger partial charge on any atom is -0.310 e. The monoisotopic (exact) mass is 371 g/mol. The molecular formula is C16H19BrClNS. The van der Waals surface area contributed by atoms with E-state index in [-0.39, 0.29) is 0 Å². The van der Waals surface area contributed by atoms with Gasteiger partial charge in [-0.2, -0.15) is 0 Å². The van der Waals surface area contributed by atoms with Gasteiger partial charge in [0.25, 0.3) is 0 Å². The molecule has 2 rings (SSSR count). The van der Waals surface area contributed by atoms with Gasteiger partial charge in [-0.25, -0.2) is 0 Å². The molecule has 0 aliphatic rings. The van der Waals surface area contributed by atoms with Gasteiger partial charge in [0.2, 0.25) is 0 Å². The van der Waals surface area contributed by atoms with Crippen molar-refractivity contribution in [3.63, 3.8) is 0 Å². The molecule has 0 saturated carbocycles. The van der Waals surface area contributed by atoms with E-state index in [4.69, 9.17) is 11.6 Å². The number of thiophene rings is 1. The molecule has 1 nitrogen and oxygen atoms in total. The predicted molar refractivity (Wildman–Crippen MR) is 92.8 cm³/mol. The van der Waals surface area contributed by atoms with Gasteiger partial charge < -0.3 is 5.32 Å². The summed E-state index contributed by atoms with van der Waals surface area (Å²) in [6, 6.07) is 10.9. The normalized spacial score (nSPS) is 12.6. The Balaban J connectivity index is 2.07. The van der Waals surface area contributed by atoms with E-state index in [1.165, 1.54) is 10.4 Å². The second kappa shape index (κ2) is 8.18. The Hall–Kier alpha value is -0.350. The lowest BCUT2D eigenvalue weighted by atomic mass is 10.0. The third-order valence-electron chi connectivity index (χ3n) is 3.25. The molecule has 1 heterocycles. The van der Waals surface area contributed by atoms with Gasteiger partial charge in [0.15, 0.2) is 0 Å². The van der Waals surface area contributed by atoms with Crippen LogP contribution in [0, 0.1) is 0 Å². The summed E-state index contributed by atoms with van der Waals surface area (Å²) in [5, 5.41) is 6.54. The van der Waals surface area contributed by atoms with Crippen LogP contribution in [-0.4, -0.2) is 6.54 Å². The third-order valence-corrected chi connectivity index (χ3v) is 5.41. The molecule has 0 radical (unpaired) electrons. The van der Waals surface area contributed by atoms with Crippen LogP contribution >= 0.6 is 38.9 Å². The number of benzene rings is 1. The maximum absolute atomic E-state index is 6.22. The van der Waals surface area contributed by atoms with Crippen molar-refractivity contribution >= 4 is 38.9 Å². The van der Waals surface area contributed by atoms with Crippen LogP contribution in [0.25, 0.3) is 0 Å². The minimum atomic E-state index is 0.364. The highest BCUT2D eigenvalue weighted by Crippen LogP contribution is 2.28. The van der Waals surface area contributed by atoms with Crippen molar-refractivity contribution in [2.75, 3.05) is 6.54 Å². The highest BCUT2D eigenvalue weighted by Gasteiger charge is 2.12. The first-order valence-corrected chi connectivity index (χ1v) is 8.96. The number of hydrogen-bond donors (Lipinski definition) is 1. The number of aryl methyl sites for hydroxylation is 1. The Morgan fingerprint density at radius 2 is 2.20 bits per heavy atom. The van der Waals surface area contributed by atoms with Gasteiger partial charge in [0.05, 0.1) is 5.02 Å². The van der Waals surface area contributed by atoms with Crippen molar-refractivity contribution in [3.8, 4) is 0 Å². The van der Waals surface area contributed by atoms with E-state index in [2.05, 4.69) is 57.8 Å². The van der Waals surface area contributed by atoms with E-state index >= 15 is 0 Å². The summed E-state index contributed by atoms with van der Waals surface area (Å²) in [6.07, 6.45) is 3.34. The number of halogens is 2. The largest absolute Gasteiger partial charge is 0.310 e. The van der Waals surface area contributed by atoms with Gasteiger partial charge >= 0.3 is 0 Å². The Kier molecular flexibility index (Phi) is 6.56. The van der Waals surface area contributed by atoms with Crippen molar-refractivity contribution < 1.29 is 0 Å². The quantitative estimate of drug-likeness (QED) is 0.644. The zero-order valence-electron chi connectivity index (χ0n) is 11.5. The topological polar surface area (TPSA) is 12.0 Å². The number of nitrogens with one attached hydrogen (secondary N) is 1. The molecule has 1 unspecified atom stereocenters. The smallest absolute Gasteiger partial charge is 0.0551 e. The Morgan fingerprint density at radius 1 is 1.35 bits per heavy atom. The highest BCUT2D eigenvalue weighted by atomic mass is 79.9. The second-order valence-electron chi connectivity index (χ2n) is 4.80. The van der Waals surface area contributed by atoms with Crippen LogP contribution < -0.4 is 5.32 Å². The van der Waals surface area contributed by atoms with Crippen LogP contribution in [0.15, 0.2) is 40.2 Å². The molecule has 1 atom stereocenters. The third kappa shape index (κ3) is 4.59. The first kappa shape index (κ1) is 16.0. The molecule has 2 aromatic rings. The average molecular weight is 373 g/mol. The molecule has 1 aromatic carbocycles. The van der Waals surface area contributed by atoms with Gasteiger partial charge in [-0.15, -0.1) is 11.3 Å². The maximum Gasteiger partial charge on any atom is 0.0551 e. The Bertz CT molecular complexity index is 527. The lowest BCUT2D eigenvalue weighted by Gasteiger charge is -2.19. The SMILES string of the molecule is CCCNC(CCc1cccs1)c1ccc(Br)c(Cl)c1. The molecule has 0 saturated heterocycles. The van der Waals surface area contributed by atoms with Gasteiger partial charge in [-0.3, -0.25) is 0 Å². The molecule has 0 aliphatic heterocycles. The van der Waals surface area contributed by atoms with Crippen LogP contribution in [0.3, 0.4) is 0 Å². The van der Waals surface area contributed by atoms with Crippen molar-refractivity contribution in [1.29, 1.82) is 0 Å². The summed E-state index contributed by atoms with van der Waals surface area (Å²) in [5.41, 5.74) is 1.27. The molecule has 0 bridgehead atoms. The van der Waals surface area contributed by atoms with E-state index in [0.29, 0.717) is 6.04 Å². The molecule has 1 N–H and O–H groups in total. The lowest BCUT2D eigenvalue weighted by Crippen LogP contribution is -2.22. The first-order chi connectivity index (χ1) is 9.70. The summed E-state index contributed by atoms with van der Waals surface area (Å²) in [7, 11) is 0. The van der Waals surface area contributed by atoms with Crippen molar-refractivity contribution in [2.24, 2.45) is 0 Å². The molecule has 0 aliphatic carbocycles. The maximum atomic E-state index is 6.22. The molecule has 4 heteroatoms. The van der Waals surface area contributed by atoms with Gasteiger partial charge in [-0.1, -0.05) is 30.7 Å². The van der Waals surface area contributed by atoms with Crippen LogP contribution in [0.2, 0.25) is 5.02 Å². The number of hydrogen-bond acceptors (Lipinski definition) is 2. The molecule has 1 aromatic heterocycles. The van der Waals surface area contributed by atoms with Crippen molar-refractivity contribution in [2.45, 2.75) is 32.2 Å². The molecule has 20 heavy (non-hydrogen) atoms. The Labute approximate surface area is 138 Å². The molecule has 108 valence electrons. The summed E-state index contributed by atoms with van der Waals surface area (Å²) in [5.74, 6) is 0. The van der Waals surface area contributed by atoms with E-state index in [1.54, 1.807) is 0 Å². The van der Waals surface area contributed by atoms with E-state index in [1.807, 2.05) is 17.4 Å². The molecule has 0 amide bonds. The lowest BCUT2D eigenvalue weighted by molar-refractivity contribution is 0.501. The van der Waals surface area contributed by atoms with Gasteiger partial charge in [0.1, 0.15) is 0 Å². The van der Waals surface area contributed by atoms with Crippen LogP contribution in [0.1, 0.15) is 36.2 Å². The number of rotatable bonds is 7. The van der Waals surface area contributed by atoms with Crippen LogP contribution in [0.4, 0.5) is 0 Å². The fraction of sp³-hybridized carbons (Fsp3) is 0.375. The van der Waals surface area contributed by atoms with Crippen molar-refractivity contribution in [1.82, 2.24) is 5.32 Å². The average Bonchev–Trinajstić information content (AvgIpc) is 2.95. The molecule has 0 fully saturated rings.